The Balaban J connectivity index is 0.00000196. The first-order chi connectivity index (χ1) is 6.45. The van der Waals surface area contributed by atoms with Crippen LogP contribution in [-0.4, -0.2) is 17.0 Å². The second-order valence-electron chi connectivity index (χ2n) is 3.02. The van der Waals surface area contributed by atoms with E-state index >= 15 is 0 Å². The molecule has 0 aliphatic carbocycles. The van der Waals surface area contributed by atoms with Crippen molar-refractivity contribution in [3.05, 3.63) is 34.4 Å². The molecule has 0 unspecified atom stereocenters. The number of benzene rings is 1. The van der Waals surface area contributed by atoms with Crippen LogP contribution in [0.4, 0.5) is 0 Å². The van der Waals surface area contributed by atoms with Gasteiger partial charge in [0.1, 0.15) is 0 Å². The Morgan fingerprint density at radius 1 is 1.27 bits per heavy atom. The minimum atomic E-state index is -1.34. The van der Waals surface area contributed by atoms with Gasteiger partial charge in [0.15, 0.2) is 0 Å². The van der Waals surface area contributed by atoms with Gasteiger partial charge in [-0.25, -0.2) is 4.79 Å². The van der Waals surface area contributed by atoms with Crippen molar-refractivity contribution in [2.24, 2.45) is 0 Å². The summed E-state index contributed by atoms with van der Waals surface area (Å²) in [5, 5.41) is 19.5. The SMILES string of the molecule is Cc1ccc(C(=O)O)c(C)c1C(=O)[O-].[Na+]. The summed E-state index contributed by atoms with van der Waals surface area (Å²) >= 11 is 0. The largest absolute Gasteiger partial charge is 1.00 e. The van der Waals surface area contributed by atoms with Crippen LogP contribution in [0.3, 0.4) is 0 Å². The molecule has 1 aromatic carbocycles. The second-order valence-corrected chi connectivity index (χ2v) is 3.02. The first-order valence-corrected chi connectivity index (χ1v) is 4.00. The van der Waals surface area contributed by atoms with E-state index in [1.165, 1.54) is 19.1 Å². The molecule has 0 bridgehead atoms. The van der Waals surface area contributed by atoms with Crippen LogP contribution in [0.5, 0.6) is 0 Å². The zero-order valence-corrected chi connectivity index (χ0v) is 10.8. The fraction of sp³-hybridized carbons (Fsp3) is 0.200. The third kappa shape index (κ3) is 2.81. The molecule has 0 aliphatic heterocycles. The smallest absolute Gasteiger partial charge is 0.545 e. The molecule has 0 saturated heterocycles. The summed E-state index contributed by atoms with van der Waals surface area (Å²) in [5.74, 6) is -2.48. The van der Waals surface area contributed by atoms with Crippen LogP contribution < -0.4 is 34.7 Å². The minimum absolute atomic E-state index is 0. The summed E-state index contributed by atoms with van der Waals surface area (Å²) < 4.78 is 0. The van der Waals surface area contributed by atoms with Gasteiger partial charge in [-0.2, -0.15) is 0 Å². The summed E-state index contributed by atoms with van der Waals surface area (Å²) in [6, 6.07) is 2.85. The number of carboxylic acid groups (broad SMARTS) is 2. The molecule has 0 atom stereocenters. The summed E-state index contributed by atoms with van der Waals surface area (Å²) in [7, 11) is 0. The molecule has 4 nitrogen and oxygen atoms in total. The summed E-state index contributed by atoms with van der Waals surface area (Å²) in [6.07, 6.45) is 0. The third-order valence-corrected chi connectivity index (χ3v) is 2.11. The average Bonchev–Trinajstić information content (AvgIpc) is 2.02. The molecule has 15 heavy (non-hydrogen) atoms. The predicted octanol–water partition coefficient (Wildman–Crippen LogP) is -2.63. The Labute approximate surface area is 109 Å². The number of aryl methyl sites for hydroxylation is 1. The molecule has 0 fully saturated rings. The van der Waals surface area contributed by atoms with Crippen LogP contribution in [0.25, 0.3) is 0 Å². The van der Waals surface area contributed by atoms with Crippen molar-refractivity contribution in [2.75, 3.05) is 0 Å². The van der Waals surface area contributed by atoms with Crippen LogP contribution in [-0.2, 0) is 0 Å². The molecule has 1 rings (SSSR count). The molecule has 1 aromatic rings. The average molecular weight is 216 g/mol. The van der Waals surface area contributed by atoms with Crippen molar-refractivity contribution in [2.45, 2.75) is 13.8 Å². The number of carbonyl (C=O) groups excluding carboxylic acids is 1. The van der Waals surface area contributed by atoms with E-state index < -0.39 is 11.9 Å². The molecule has 0 amide bonds. The zero-order chi connectivity index (χ0) is 10.9. The van der Waals surface area contributed by atoms with E-state index in [0.29, 0.717) is 5.56 Å². The maximum absolute atomic E-state index is 10.7. The number of aromatic carboxylic acids is 2. The maximum Gasteiger partial charge on any atom is 1.00 e. The molecular weight excluding hydrogens is 207 g/mol. The number of hydrogen-bond donors (Lipinski definition) is 1. The van der Waals surface area contributed by atoms with E-state index in [1.807, 2.05) is 0 Å². The van der Waals surface area contributed by atoms with Gasteiger partial charge in [0.2, 0.25) is 0 Å². The minimum Gasteiger partial charge on any atom is -0.545 e. The molecule has 0 radical (unpaired) electrons. The predicted molar refractivity (Wildman–Crippen MR) is 47.2 cm³/mol. The number of carboxylic acids is 2. The van der Waals surface area contributed by atoms with Gasteiger partial charge in [-0.15, -0.1) is 0 Å². The Kier molecular flexibility index (Phi) is 5.00. The van der Waals surface area contributed by atoms with Crippen molar-refractivity contribution in [1.29, 1.82) is 0 Å². The number of rotatable bonds is 2. The maximum atomic E-state index is 10.7. The van der Waals surface area contributed by atoms with Crippen LogP contribution >= 0.6 is 0 Å². The van der Waals surface area contributed by atoms with E-state index in [2.05, 4.69) is 0 Å². The molecule has 0 spiro atoms. The summed E-state index contributed by atoms with van der Waals surface area (Å²) in [6.45, 7) is 3.06. The Bertz CT molecular complexity index is 412. The Hall–Kier alpha value is -0.840. The van der Waals surface area contributed by atoms with Crippen LogP contribution in [0, 0.1) is 13.8 Å². The Morgan fingerprint density at radius 2 is 1.80 bits per heavy atom. The zero-order valence-electron chi connectivity index (χ0n) is 8.83. The molecule has 0 saturated carbocycles. The van der Waals surface area contributed by atoms with Crippen molar-refractivity contribution in [3.63, 3.8) is 0 Å². The van der Waals surface area contributed by atoms with Crippen molar-refractivity contribution >= 4 is 11.9 Å². The molecule has 1 N–H and O–H groups in total. The van der Waals surface area contributed by atoms with E-state index in [4.69, 9.17) is 5.11 Å². The van der Waals surface area contributed by atoms with Crippen LogP contribution in [0.1, 0.15) is 31.8 Å². The molecule has 0 heterocycles. The van der Waals surface area contributed by atoms with Crippen molar-refractivity contribution < 1.29 is 49.4 Å². The normalized spacial score (nSPS) is 9.20. The van der Waals surface area contributed by atoms with Gasteiger partial charge in [0, 0.05) is 5.56 Å². The fourth-order valence-corrected chi connectivity index (χ4v) is 1.39. The van der Waals surface area contributed by atoms with Crippen LogP contribution in [0.2, 0.25) is 0 Å². The van der Waals surface area contributed by atoms with Gasteiger partial charge in [0.05, 0.1) is 11.5 Å². The monoisotopic (exact) mass is 216 g/mol. The first kappa shape index (κ1) is 14.2. The van der Waals surface area contributed by atoms with Crippen LogP contribution in [0.15, 0.2) is 12.1 Å². The van der Waals surface area contributed by atoms with Gasteiger partial charge < -0.3 is 15.0 Å². The van der Waals surface area contributed by atoms with Crippen molar-refractivity contribution in [3.8, 4) is 0 Å². The summed E-state index contributed by atoms with van der Waals surface area (Å²) in [5.41, 5.74) is 0.699. The molecular formula is C10H9NaO4. The number of carbonyl (C=O) groups is 2. The summed E-state index contributed by atoms with van der Waals surface area (Å²) in [4.78, 5) is 21.4. The quantitative estimate of drug-likeness (QED) is 0.548. The van der Waals surface area contributed by atoms with Gasteiger partial charge in [-0.05, 0) is 31.0 Å². The fourth-order valence-electron chi connectivity index (χ4n) is 1.39. The van der Waals surface area contributed by atoms with Gasteiger partial charge in [0.25, 0.3) is 0 Å². The first-order valence-electron chi connectivity index (χ1n) is 4.00. The number of hydrogen-bond acceptors (Lipinski definition) is 3. The third-order valence-electron chi connectivity index (χ3n) is 2.11. The standard InChI is InChI=1S/C10H10O4.Na/c1-5-3-4-7(9(11)12)6(2)8(5)10(13)14;/h3-4H,1-2H3,(H,11,12)(H,13,14);/q;+1/p-1. The van der Waals surface area contributed by atoms with E-state index in [9.17, 15) is 14.7 Å². The van der Waals surface area contributed by atoms with Gasteiger partial charge in [-0.1, -0.05) is 6.07 Å². The second kappa shape index (κ2) is 5.30. The van der Waals surface area contributed by atoms with Crippen molar-refractivity contribution in [1.82, 2.24) is 0 Å². The van der Waals surface area contributed by atoms with E-state index in [0.717, 1.165) is 0 Å². The topological polar surface area (TPSA) is 77.4 Å². The molecule has 74 valence electrons. The molecule has 5 heteroatoms. The Morgan fingerprint density at radius 3 is 2.20 bits per heavy atom. The molecule has 0 aliphatic rings. The van der Waals surface area contributed by atoms with E-state index in [-0.39, 0.29) is 46.2 Å². The van der Waals surface area contributed by atoms with E-state index in [1.54, 1.807) is 6.92 Å². The van der Waals surface area contributed by atoms with Gasteiger partial charge in [-0.3, -0.25) is 0 Å². The van der Waals surface area contributed by atoms with Gasteiger partial charge >= 0.3 is 35.5 Å². The molecule has 0 aromatic heterocycles.